The Kier molecular flexibility index (Phi) is 4.97. The lowest BCUT2D eigenvalue weighted by atomic mass is 10.1. The zero-order chi connectivity index (χ0) is 15.4. The molecule has 0 fully saturated rings. The standard InChI is InChI=1S/C17H21ClN2O/c1-11(2)21-17-10-13(8-9-16(17)19)20-12(3)14-6-4-5-7-15(14)18/h4-12,20H,19H2,1-3H3. The highest BCUT2D eigenvalue weighted by Gasteiger charge is 2.10. The fourth-order valence-corrected chi connectivity index (χ4v) is 2.43. The highest BCUT2D eigenvalue weighted by atomic mass is 35.5. The van der Waals surface area contributed by atoms with Crippen LogP contribution in [0.3, 0.4) is 0 Å². The number of rotatable bonds is 5. The monoisotopic (exact) mass is 304 g/mol. The molecule has 112 valence electrons. The second kappa shape index (κ2) is 6.72. The van der Waals surface area contributed by atoms with Gasteiger partial charge in [0.05, 0.1) is 11.8 Å². The number of benzene rings is 2. The Morgan fingerprint density at radius 2 is 1.81 bits per heavy atom. The Hall–Kier alpha value is -1.87. The van der Waals surface area contributed by atoms with Crippen LogP contribution in [0.5, 0.6) is 5.75 Å². The van der Waals surface area contributed by atoms with Gasteiger partial charge in [0, 0.05) is 22.8 Å². The maximum absolute atomic E-state index is 6.23. The number of ether oxygens (including phenoxy) is 1. The van der Waals surface area contributed by atoms with Gasteiger partial charge < -0.3 is 15.8 Å². The van der Waals surface area contributed by atoms with Gasteiger partial charge in [-0.25, -0.2) is 0 Å². The zero-order valence-electron chi connectivity index (χ0n) is 12.6. The van der Waals surface area contributed by atoms with Gasteiger partial charge in [-0.15, -0.1) is 0 Å². The number of hydrogen-bond acceptors (Lipinski definition) is 3. The van der Waals surface area contributed by atoms with Gasteiger partial charge in [0.1, 0.15) is 5.75 Å². The SMILES string of the molecule is CC(C)Oc1cc(NC(C)c2ccccc2Cl)ccc1N. The molecule has 1 unspecified atom stereocenters. The minimum Gasteiger partial charge on any atom is -0.489 e. The molecule has 21 heavy (non-hydrogen) atoms. The van der Waals surface area contributed by atoms with Crippen LogP contribution in [0.4, 0.5) is 11.4 Å². The van der Waals surface area contributed by atoms with E-state index in [1.807, 2.05) is 56.3 Å². The molecule has 2 rings (SSSR count). The topological polar surface area (TPSA) is 47.3 Å². The molecule has 0 radical (unpaired) electrons. The molecule has 0 heterocycles. The van der Waals surface area contributed by atoms with Crippen molar-refractivity contribution >= 4 is 23.0 Å². The molecule has 0 aliphatic heterocycles. The van der Waals surface area contributed by atoms with Gasteiger partial charge in [0.15, 0.2) is 0 Å². The smallest absolute Gasteiger partial charge is 0.144 e. The lowest BCUT2D eigenvalue weighted by Crippen LogP contribution is -2.10. The lowest BCUT2D eigenvalue weighted by Gasteiger charge is -2.19. The summed E-state index contributed by atoms with van der Waals surface area (Å²) in [5.74, 6) is 0.696. The van der Waals surface area contributed by atoms with Crippen molar-refractivity contribution in [1.29, 1.82) is 0 Å². The molecule has 2 aromatic carbocycles. The van der Waals surface area contributed by atoms with Crippen LogP contribution in [0.1, 0.15) is 32.4 Å². The molecular weight excluding hydrogens is 284 g/mol. The van der Waals surface area contributed by atoms with Crippen molar-refractivity contribution in [3.8, 4) is 5.75 Å². The van der Waals surface area contributed by atoms with E-state index in [-0.39, 0.29) is 12.1 Å². The predicted octanol–water partition coefficient (Wildman–Crippen LogP) is 4.88. The molecule has 4 heteroatoms. The third-order valence-electron chi connectivity index (χ3n) is 3.13. The molecule has 2 aromatic rings. The first-order valence-electron chi connectivity index (χ1n) is 7.04. The van der Waals surface area contributed by atoms with Gasteiger partial charge in [0.25, 0.3) is 0 Å². The molecule has 3 N–H and O–H groups in total. The van der Waals surface area contributed by atoms with E-state index in [0.717, 1.165) is 16.3 Å². The molecule has 0 amide bonds. The summed E-state index contributed by atoms with van der Waals surface area (Å²) in [5, 5.41) is 4.18. The second-order valence-corrected chi connectivity index (χ2v) is 5.71. The minimum absolute atomic E-state index is 0.0866. The van der Waals surface area contributed by atoms with Crippen LogP contribution in [0.2, 0.25) is 5.02 Å². The van der Waals surface area contributed by atoms with Crippen LogP contribution < -0.4 is 15.8 Å². The van der Waals surface area contributed by atoms with E-state index in [1.54, 1.807) is 0 Å². The van der Waals surface area contributed by atoms with Crippen LogP contribution >= 0.6 is 11.6 Å². The quantitative estimate of drug-likeness (QED) is 0.774. The van der Waals surface area contributed by atoms with Crippen molar-refractivity contribution in [1.82, 2.24) is 0 Å². The van der Waals surface area contributed by atoms with Gasteiger partial charge in [-0.05, 0) is 44.5 Å². The Morgan fingerprint density at radius 1 is 1.10 bits per heavy atom. The Morgan fingerprint density at radius 3 is 2.48 bits per heavy atom. The highest BCUT2D eigenvalue weighted by molar-refractivity contribution is 6.31. The van der Waals surface area contributed by atoms with Crippen LogP contribution in [-0.2, 0) is 0 Å². The number of halogens is 1. The van der Waals surface area contributed by atoms with Gasteiger partial charge in [-0.1, -0.05) is 29.8 Å². The Bertz CT molecular complexity index is 613. The van der Waals surface area contributed by atoms with Gasteiger partial charge in [-0.2, -0.15) is 0 Å². The molecule has 0 aliphatic carbocycles. The zero-order valence-corrected chi connectivity index (χ0v) is 13.3. The molecule has 0 saturated heterocycles. The number of nitrogens with one attached hydrogen (secondary N) is 1. The van der Waals surface area contributed by atoms with Crippen molar-refractivity contribution in [3.63, 3.8) is 0 Å². The summed E-state index contributed by atoms with van der Waals surface area (Å²) in [4.78, 5) is 0. The molecule has 3 nitrogen and oxygen atoms in total. The summed E-state index contributed by atoms with van der Waals surface area (Å²) in [6.07, 6.45) is 0.0866. The second-order valence-electron chi connectivity index (χ2n) is 5.31. The maximum Gasteiger partial charge on any atom is 0.144 e. The summed E-state index contributed by atoms with van der Waals surface area (Å²) >= 11 is 6.23. The van der Waals surface area contributed by atoms with Crippen molar-refractivity contribution in [3.05, 3.63) is 53.1 Å². The first-order chi connectivity index (χ1) is 9.97. The minimum atomic E-state index is 0.0866. The van der Waals surface area contributed by atoms with Crippen molar-refractivity contribution in [2.45, 2.75) is 32.9 Å². The summed E-state index contributed by atoms with van der Waals surface area (Å²) in [7, 11) is 0. The van der Waals surface area contributed by atoms with Crippen LogP contribution in [0, 0.1) is 0 Å². The van der Waals surface area contributed by atoms with Crippen molar-refractivity contribution < 1.29 is 4.74 Å². The fourth-order valence-electron chi connectivity index (χ4n) is 2.13. The molecule has 0 bridgehead atoms. The van der Waals surface area contributed by atoms with E-state index in [1.165, 1.54) is 0 Å². The average molecular weight is 305 g/mol. The number of nitrogen functional groups attached to an aromatic ring is 1. The summed E-state index contributed by atoms with van der Waals surface area (Å²) < 4.78 is 5.71. The van der Waals surface area contributed by atoms with E-state index < -0.39 is 0 Å². The largest absolute Gasteiger partial charge is 0.489 e. The summed E-state index contributed by atoms with van der Waals surface area (Å²) in [5.41, 5.74) is 8.58. The fraction of sp³-hybridized carbons (Fsp3) is 0.294. The van der Waals surface area contributed by atoms with E-state index in [9.17, 15) is 0 Å². The summed E-state index contributed by atoms with van der Waals surface area (Å²) in [6, 6.07) is 13.6. The molecular formula is C17H21ClN2O. The number of nitrogens with two attached hydrogens (primary N) is 1. The first-order valence-corrected chi connectivity index (χ1v) is 7.42. The number of hydrogen-bond donors (Lipinski definition) is 2. The summed E-state index contributed by atoms with van der Waals surface area (Å²) in [6.45, 7) is 6.03. The Labute approximate surface area is 131 Å². The van der Waals surface area contributed by atoms with Crippen molar-refractivity contribution in [2.24, 2.45) is 0 Å². The van der Waals surface area contributed by atoms with Crippen LogP contribution in [0.15, 0.2) is 42.5 Å². The first kappa shape index (κ1) is 15.5. The molecule has 0 aromatic heterocycles. The third-order valence-corrected chi connectivity index (χ3v) is 3.48. The van der Waals surface area contributed by atoms with E-state index in [4.69, 9.17) is 22.1 Å². The number of anilines is 2. The van der Waals surface area contributed by atoms with Crippen molar-refractivity contribution in [2.75, 3.05) is 11.1 Å². The normalized spacial score (nSPS) is 12.2. The van der Waals surface area contributed by atoms with Gasteiger partial charge in [0.2, 0.25) is 0 Å². The predicted molar refractivity (Wildman–Crippen MR) is 90.1 cm³/mol. The maximum atomic E-state index is 6.23. The van der Waals surface area contributed by atoms with Gasteiger partial charge >= 0.3 is 0 Å². The molecule has 1 atom stereocenters. The van der Waals surface area contributed by atoms with Gasteiger partial charge in [-0.3, -0.25) is 0 Å². The lowest BCUT2D eigenvalue weighted by molar-refractivity contribution is 0.244. The van der Waals surface area contributed by atoms with E-state index in [0.29, 0.717) is 11.4 Å². The average Bonchev–Trinajstić information content (AvgIpc) is 2.42. The molecule has 0 saturated carbocycles. The highest BCUT2D eigenvalue weighted by Crippen LogP contribution is 2.30. The third kappa shape index (κ3) is 4.05. The van der Waals surface area contributed by atoms with E-state index in [2.05, 4.69) is 12.2 Å². The molecule has 0 aliphatic rings. The van der Waals surface area contributed by atoms with Crippen LogP contribution in [-0.4, -0.2) is 6.10 Å². The molecule has 0 spiro atoms. The van der Waals surface area contributed by atoms with Crippen LogP contribution in [0.25, 0.3) is 0 Å². The Balaban J connectivity index is 2.18. The van der Waals surface area contributed by atoms with E-state index >= 15 is 0 Å².